The van der Waals surface area contributed by atoms with Crippen LogP contribution in [-0.4, -0.2) is 43.4 Å². The molecule has 0 saturated carbocycles. The first-order chi connectivity index (χ1) is 9.40. The number of rotatable bonds is 4. The van der Waals surface area contributed by atoms with Crippen molar-refractivity contribution in [1.82, 2.24) is 9.03 Å². The predicted molar refractivity (Wildman–Crippen MR) is 81.9 cm³/mol. The standard InChI is InChI=1S/C14H28N2O4S/c1-10-7-11(2)9-16(8-10)21(18,19)15-12(3)13(17)20-14(4,5)6/h10-12,15H,7-9H2,1-6H3/t10?,11?,12-/m1/s1. The largest absolute Gasteiger partial charge is 0.459 e. The van der Waals surface area contributed by atoms with Crippen LogP contribution in [0.3, 0.4) is 0 Å². The molecule has 21 heavy (non-hydrogen) atoms. The highest BCUT2D eigenvalue weighted by atomic mass is 32.2. The molecular formula is C14H28N2O4S. The van der Waals surface area contributed by atoms with E-state index < -0.39 is 27.8 Å². The van der Waals surface area contributed by atoms with Gasteiger partial charge in [0.05, 0.1) is 0 Å². The summed E-state index contributed by atoms with van der Waals surface area (Å²) in [6.07, 6.45) is 1.02. The topological polar surface area (TPSA) is 75.7 Å². The van der Waals surface area contributed by atoms with Gasteiger partial charge in [-0.3, -0.25) is 4.79 Å². The fourth-order valence-electron chi connectivity index (χ4n) is 2.54. The Morgan fingerprint density at radius 1 is 1.24 bits per heavy atom. The van der Waals surface area contributed by atoms with Crippen molar-refractivity contribution in [2.45, 2.75) is 59.6 Å². The van der Waals surface area contributed by atoms with E-state index in [0.29, 0.717) is 24.9 Å². The molecule has 0 bridgehead atoms. The maximum absolute atomic E-state index is 12.4. The van der Waals surface area contributed by atoms with Gasteiger partial charge in [0, 0.05) is 13.1 Å². The predicted octanol–water partition coefficient (Wildman–Crippen LogP) is 1.53. The van der Waals surface area contributed by atoms with Crippen LogP contribution in [0, 0.1) is 11.8 Å². The Morgan fingerprint density at radius 2 is 1.71 bits per heavy atom. The van der Waals surface area contributed by atoms with E-state index in [1.807, 2.05) is 13.8 Å². The normalized spacial score (nSPS) is 26.4. The van der Waals surface area contributed by atoms with Crippen LogP contribution < -0.4 is 4.72 Å². The summed E-state index contributed by atoms with van der Waals surface area (Å²) in [6, 6.07) is -0.901. The molecule has 0 aromatic heterocycles. The summed E-state index contributed by atoms with van der Waals surface area (Å²) in [5, 5.41) is 0. The van der Waals surface area contributed by atoms with E-state index in [1.165, 1.54) is 11.2 Å². The molecule has 1 fully saturated rings. The van der Waals surface area contributed by atoms with Crippen molar-refractivity contribution < 1.29 is 17.9 Å². The second-order valence-electron chi connectivity index (χ2n) is 7.14. The molecule has 1 rings (SSSR count). The number of esters is 1. The maximum Gasteiger partial charge on any atom is 0.324 e. The zero-order valence-corrected chi connectivity index (χ0v) is 14.7. The van der Waals surface area contributed by atoms with Crippen molar-refractivity contribution in [2.24, 2.45) is 11.8 Å². The average Bonchev–Trinajstić information content (AvgIpc) is 2.24. The second kappa shape index (κ2) is 6.62. The summed E-state index contributed by atoms with van der Waals surface area (Å²) >= 11 is 0. The van der Waals surface area contributed by atoms with Crippen LogP contribution in [0.2, 0.25) is 0 Å². The van der Waals surface area contributed by atoms with Crippen molar-refractivity contribution >= 4 is 16.2 Å². The molecule has 2 unspecified atom stereocenters. The number of piperidine rings is 1. The molecule has 124 valence electrons. The van der Waals surface area contributed by atoms with E-state index >= 15 is 0 Å². The first-order valence-corrected chi connectivity index (χ1v) is 8.85. The molecule has 0 radical (unpaired) electrons. The van der Waals surface area contributed by atoms with Gasteiger partial charge in [-0.05, 0) is 46.0 Å². The minimum atomic E-state index is -3.67. The average molecular weight is 320 g/mol. The van der Waals surface area contributed by atoms with Crippen LogP contribution >= 0.6 is 0 Å². The summed E-state index contributed by atoms with van der Waals surface area (Å²) in [5.74, 6) is 0.0773. The van der Waals surface area contributed by atoms with Gasteiger partial charge in [0.2, 0.25) is 0 Å². The molecule has 1 heterocycles. The number of hydrogen-bond donors (Lipinski definition) is 1. The van der Waals surface area contributed by atoms with Crippen LogP contribution in [0.5, 0.6) is 0 Å². The Kier molecular flexibility index (Phi) is 5.80. The molecule has 1 aliphatic heterocycles. The van der Waals surface area contributed by atoms with E-state index in [0.717, 1.165) is 6.42 Å². The van der Waals surface area contributed by atoms with E-state index in [-0.39, 0.29) is 0 Å². The fraction of sp³-hybridized carbons (Fsp3) is 0.929. The Balaban J connectivity index is 2.69. The minimum Gasteiger partial charge on any atom is -0.459 e. The Hall–Kier alpha value is -0.660. The number of nitrogens with one attached hydrogen (secondary N) is 1. The minimum absolute atomic E-state index is 0.321. The summed E-state index contributed by atoms with van der Waals surface area (Å²) in [5.41, 5.74) is -0.634. The number of nitrogens with zero attached hydrogens (tertiary/aromatic N) is 1. The molecule has 3 atom stereocenters. The lowest BCUT2D eigenvalue weighted by Crippen LogP contribution is -2.52. The lowest BCUT2D eigenvalue weighted by Gasteiger charge is -2.34. The molecular weight excluding hydrogens is 292 g/mol. The first kappa shape index (κ1) is 18.4. The van der Waals surface area contributed by atoms with Crippen molar-refractivity contribution in [3.63, 3.8) is 0 Å². The van der Waals surface area contributed by atoms with Crippen LogP contribution in [0.15, 0.2) is 0 Å². The summed E-state index contributed by atoms with van der Waals surface area (Å²) in [6.45, 7) is 11.8. The van der Waals surface area contributed by atoms with E-state index in [1.54, 1.807) is 20.8 Å². The van der Waals surface area contributed by atoms with Crippen molar-refractivity contribution in [2.75, 3.05) is 13.1 Å². The summed E-state index contributed by atoms with van der Waals surface area (Å²) in [7, 11) is -3.67. The highest BCUT2D eigenvalue weighted by molar-refractivity contribution is 7.87. The van der Waals surface area contributed by atoms with Crippen molar-refractivity contribution in [3.8, 4) is 0 Å². The van der Waals surface area contributed by atoms with E-state index in [2.05, 4.69) is 4.72 Å². The van der Waals surface area contributed by atoms with Gasteiger partial charge < -0.3 is 4.74 Å². The molecule has 7 heteroatoms. The monoisotopic (exact) mass is 320 g/mol. The quantitative estimate of drug-likeness (QED) is 0.797. The highest BCUT2D eigenvalue weighted by Gasteiger charge is 2.33. The van der Waals surface area contributed by atoms with Gasteiger partial charge in [-0.2, -0.15) is 17.4 Å². The molecule has 1 aliphatic rings. The summed E-state index contributed by atoms with van der Waals surface area (Å²) < 4.78 is 33.8. The van der Waals surface area contributed by atoms with Crippen LogP contribution in [0.25, 0.3) is 0 Å². The van der Waals surface area contributed by atoms with Gasteiger partial charge in [-0.1, -0.05) is 13.8 Å². The smallest absolute Gasteiger partial charge is 0.324 e. The molecule has 0 aromatic rings. The molecule has 0 aliphatic carbocycles. The Labute approximate surface area is 128 Å². The van der Waals surface area contributed by atoms with Gasteiger partial charge in [0.15, 0.2) is 0 Å². The molecule has 0 amide bonds. The molecule has 0 aromatic carbocycles. The first-order valence-electron chi connectivity index (χ1n) is 7.41. The fourth-order valence-corrected chi connectivity index (χ4v) is 4.13. The van der Waals surface area contributed by atoms with Gasteiger partial charge in [0.25, 0.3) is 10.2 Å². The van der Waals surface area contributed by atoms with Gasteiger partial charge in [0.1, 0.15) is 11.6 Å². The Bertz CT molecular complexity index is 460. The number of hydrogen-bond acceptors (Lipinski definition) is 4. The van der Waals surface area contributed by atoms with Gasteiger partial charge >= 0.3 is 5.97 Å². The van der Waals surface area contributed by atoms with Crippen molar-refractivity contribution in [3.05, 3.63) is 0 Å². The number of carbonyl (C=O) groups excluding carboxylic acids is 1. The Morgan fingerprint density at radius 3 is 2.14 bits per heavy atom. The lowest BCUT2D eigenvalue weighted by atomic mass is 9.94. The highest BCUT2D eigenvalue weighted by Crippen LogP contribution is 2.22. The number of ether oxygens (including phenoxy) is 1. The molecule has 1 saturated heterocycles. The molecule has 1 N–H and O–H groups in total. The lowest BCUT2D eigenvalue weighted by molar-refractivity contribution is -0.156. The van der Waals surface area contributed by atoms with Crippen LogP contribution in [0.4, 0.5) is 0 Å². The SMILES string of the molecule is CC1CC(C)CN(S(=O)(=O)N[C@H](C)C(=O)OC(C)(C)C)C1. The zero-order valence-electron chi connectivity index (χ0n) is 13.8. The van der Waals surface area contributed by atoms with Crippen LogP contribution in [-0.2, 0) is 19.7 Å². The second-order valence-corrected chi connectivity index (χ2v) is 8.84. The van der Waals surface area contributed by atoms with E-state index in [4.69, 9.17) is 4.74 Å². The van der Waals surface area contributed by atoms with Crippen LogP contribution in [0.1, 0.15) is 48.0 Å². The maximum atomic E-state index is 12.4. The van der Waals surface area contributed by atoms with E-state index in [9.17, 15) is 13.2 Å². The number of carbonyl (C=O) groups is 1. The third-order valence-corrected chi connectivity index (χ3v) is 4.89. The third-order valence-electron chi connectivity index (χ3n) is 3.26. The van der Waals surface area contributed by atoms with Crippen molar-refractivity contribution in [1.29, 1.82) is 0 Å². The summed E-state index contributed by atoms with van der Waals surface area (Å²) in [4.78, 5) is 11.9. The van der Waals surface area contributed by atoms with Gasteiger partial charge in [-0.25, -0.2) is 0 Å². The third kappa shape index (κ3) is 5.92. The molecule has 6 nitrogen and oxygen atoms in total. The zero-order chi connectivity index (χ0) is 16.4. The molecule has 0 spiro atoms. The van der Waals surface area contributed by atoms with Gasteiger partial charge in [-0.15, -0.1) is 0 Å².